The molecule has 0 radical (unpaired) electrons. The molecule has 3 rings (SSSR count). The van der Waals surface area contributed by atoms with Crippen LogP contribution in [0.15, 0.2) is 66.0 Å². The molecule has 0 fully saturated rings. The van der Waals surface area contributed by atoms with E-state index in [1.807, 2.05) is 52.0 Å². The number of hydrogen-bond acceptors (Lipinski definition) is 6. The number of aromatic nitrogens is 2. The van der Waals surface area contributed by atoms with Crippen molar-refractivity contribution in [3.05, 3.63) is 66.6 Å². The van der Waals surface area contributed by atoms with Gasteiger partial charge in [-0.05, 0) is 69.7 Å². The molecule has 0 bridgehead atoms. The molecule has 0 aliphatic carbocycles. The van der Waals surface area contributed by atoms with Crippen molar-refractivity contribution >= 4 is 15.9 Å². The molecular formula is C23H26N2O5S. The molecule has 2 aromatic carbocycles. The predicted octanol–water partition coefficient (Wildman–Crippen LogP) is 4.88. The van der Waals surface area contributed by atoms with E-state index in [0.717, 1.165) is 11.1 Å². The minimum absolute atomic E-state index is 0.258. The fourth-order valence-electron chi connectivity index (χ4n) is 2.85. The Balaban J connectivity index is 1.67. The summed E-state index contributed by atoms with van der Waals surface area (Å²) in [5.41, 5.74) is 1.76. The summed E-state index contributed by atoms with van der Waals surface area (Å²) >= 11 is 0. The summed E-state index contributed by atoms with van der Waals surface area (Å²) in [6.45, 7) is 7.32. The third-order valence-electron chi connectivity index (χ3n) is 4.43. The molecule has 8 heteroatoms. The van der Waals surface area contributed by atoms with Crippen LogP contribution < -0.4 is 4.74 Å². The minimum Gasteiger partial charge on any atom is -0.486 e. The standard InChI is InChI=1S/C23H26N2O5S/c1-16(17-8-12-20(13-9-17)31(5,27)28)29-19-10-6-18(7-11-19)21-14-25(15-24-21)22(26)30-23(2,3)4/h6-16H,1-5H3. The molecule has 3 aromatic rings. The molecule has 1 atom stereocenters. The Morgan fingerprint density at radius 2 is 1.65 bits per heavy atom. The molecule has 1 unspecified atom stereocenters. The van der Waals surface area contributed by atoms with E-state index < -0.39 is 21.5 Å². The molecule has 7 nitrogen and oxygen atoms in total. The van der Waals surface area contributed by atoms with Crippen molar-refractivity contribution < 1.29 is 22.7 Å². The van der Waals surface area contributed by atoms with E-state index in [9.17, 15) is 13.2 Å². The first-order chi connectivity index (χ1) is 14.4. The van der Waals surface area contributed by atoms with E-state index >= 15 is 0 Å². The summed E-state index contributed by atoms with van der Waals surface area (Å²) < 4.78 is 35.8. The lowest BCUT2D eigenvalue weighted by Crippen LogP contribution is -2.26. The van der Waals surface area contributed by atoms with Gasteiger partial charge in [0.1, 0.15) is 23.8 Å². The summed E-state index contributed by atoms with van der Waals surface area (Å²) in [5.74, 6) is 0.662. The van der Waals surface area contributed by atoms with Crippen LogP contribution in [0.2, 0.25) is 0 Å². The van der Waals surface area contributed by atoms with Crippen LogP contribution in [0.1, 0.15) is 39.4 Å². The SMILES string of the molecule is CC(Oc1ccc(-c2cn(C(=O)OC(C)(C)C)cn2)cc1)c1ccc(S(C)(=O)=O)cc1. The lowest BCUT2D eigenvalue weighted by molar-refractivity contribution is 0.0536. The van der Waals surface area contributed by atoms with Crippen molar-refractivity contribution in [3.63, 3.8) is 0 Å². The van der Waals surface area contributed by atoms with Crippen LogP contribution in [0.4, 0.5) is 4.79 Å². The number of rotatable bonds is 5. The molecule has 0 spiro atoms. The summed E-state index contributed by atoms with van der Waals surface area (Å²) in [4.78, 5) is 16.7. The molecule has 164 valence electrons. The number of nitrogens with zero attached hydrogens (tertiary/aromatic N) is 2. The summed E-state index contributed by atoms with van der Waals surface area (Å²) in [7, 11) is -3.23. The van der Waals surface area contributed by atoms with Gasteiger partial charge in [-0.15, -0.1) is 0 Å². The van der Waals surface area contributed by atoms with Crippen molar-refractivity contribution in [2.24, 2.45) is 0 Å². The summed E-state index contributed by atoms with van der Waals surface area (Å²) in [5, 5.41) is 0. The Morgan fingerprint density at radius 1 is 1.03 bits per heavy atom. The molecule has 0 aliphatic rings. The Bertz CT molecular complexity index is 1160. The fraction of sp³-hybridized carbons (Fsp3) is 0.304. The van der Waals surface area contributed by atoms with Crippen LogP contribution in [-0.4, -0.2) is 35.9 Å². The van der Waals surface area contributed by atoms with Gasteiger partial charge in [0.2, 0.25) is 0 Å². The van der Waals surface area contributed by atoms with Gasteiger partial charge >= 0.3 is 6.09 Å². The quantitative estimate of drug-likeness (QED) is 0.560. The second kappa shape index (κ2) is 8.55. The van der Waals surface area contributed by atoms with Gasteiger partial charge in [0.15, 0.2) is 9.84 Å². The van der Waals surface area contributed by atoms with Crippen molar-refractivity contribution in [3.8, 4) is 17.0 Å². The van der Waals surface area contributed by atoms with Crippen LogP contribution >= 0.6 is 0 Å². The highest BCUT2D eigenvalue weighted by atomic mass is 32.2. The van der Waals surface area contributed by atoms with Gasteiger partial charge in [-0.25, -0.2) is 22.8 Å². The molecule has 1 heterocycles. The number of imidazole rings is 1. The molecule has 0 amide bonds. The highest BCUT2D eigenvalue weighted by molar-refractivity contribution is 7.90. The first-order valence-electron chi connectivity index (χ1n) is 9.77. The van der Waals surface area contributed by atoms with E-state index in [1.165, 1.54) is 17.2 Å². The number of hydrogen-bond donors (Lipinski definition) is 0. The van der Waals surface area contributed by atoms with Gasteiger partial charge < -0.3 is 9.47 Å². The van der Waals surface area contributed by atoms with Gasteiger partial charge in [-0.3, -0.25) is 0 Å². The first kappa shape index (κ1) is 22.6. The Labute approximate surface area is 182 Å². The van der Waals surface area contributed by atoms with E-state index in [-0.39, 0.29) is 11.0 Å². The molecule has 0 N–H and O–H groups in total. The molecule has 1 aromatic heterocycles. The van der Waals surface area contributed by atoms with Crippen molar-refractivity contribution in [1.82, 2.24) is 9.55 Å². The van der Waals surface area contributed by atoms with E-state index in [1.54, 1.807) is 30.5 Å². The average Bonchev–Trinajstić information content (AvgIpc) is 3.17. The van der Waals surface area contributed by atoms with Crippen LogP contribution in [-0.2, 0) is 14.6 Å². The highest BCUT2D eigenvalue weighted by Gasteiger charge is 2.18. The predicted molar refractivity (Wildman–Crippen MR) is 118 cm³/mol. The van der Waals surface area contributed by atoms with Crippen molar-refractivity contribution in [2.45, 2.75) is 44.3 Å². The highest BCUT2D eigenvalue weighted by Crippen LogP contribution is 2.26. The Hall–Kier alpha value is -3.13. The number of benzene rings is 2. The largest absolute Gasteiger partial charge is 0.486 e. The maximum absolute atomic E-state index is 12.1. The van der Waals surface area contributed by atoms with Gasteiger partial charge in [0, 0.05) is 18.0 Å². The van der Waals surface area contributed by atoms with Crippen molar-refractivity contribution in [2.75, 3.05) is 6.26 Å². The van der Waals surface area contributed by atoms with Crippen LogP contribution in [0.3, 0.4) is 0 Å². The minimum atomic E-state index is -3.23. The topological polar surface area (TPSA) is 87.5 Å². The smallest absolute Gasteiger partial charge is 0.419 e. The summed E-state index contributed by atoms with van der Waals surface area (Å²) in [6, 6.07) is 14.0. The molecule has 0 saturated carbocycles. The van der Waals surface area contributed by atoms with E-state index in [4.69, 9.17) is 9.47 Å². The molecule has 0 saturated heterocycles. The monoisotopic (exact) mass is 442 g/mol. The fourth-order valence-corrected chi connectivity index (χ4v) is 3.48. The van der Waals surface area contributed by atoms with Crippen LogP contribution in [0.25, 0.3) is 11.3 Å². The molecule has 0 aliphatic heterocycles. The van der Waals surface area contributed by atoms with Crippen LogP contribution in [0, 0.1) is 0 Å². The maximum Gasteiger partial charge on any atom is 0.419 e. The van der Waals surface area contributed by atoms with Gasteiger partial charge in [-0.1, -0.05) is 12.1 Å². The lowest BCUT2D eigenvalue weighted by atomic mass is 10.1. The van der Waals surface area contributed by atoms with E-state index in [0.29, 0.717) is 11.4 Å². The zero-order chi connectivity index (χ0) is 22.8. The first-order valence-corrected chi connectivity index (χ1v) is 11.7. The number of carbonyl (C=O) groups is 1. The Kier molecular flexibility index (Phi) is 6.22. The number of sulfone groups is 1. The van der Waals surface area contributed by atoms with Crippen molar-refractivity contribution in [1.29, 1.82) is 0 Å². The maximum atomic E-state index is 12.1. The molecular weight excluding hydrogens is 416 g/mol. The second-order valence-corrected chi connectivity index (χ2v) is 10.3. The zero-order valence-corrected chi connectivity index (χ0v) is 19.0. The lowest BCUT2D eigenvalue weighted by Gasteiger charge is -2.19. The van der Waals surface area contributed by atoms with Gasteiger partial charge in [-0.2, -0.15) is 0 Å². The molecule has 31 heavy (non-hydrogen) atoms. The zero-order valence-electron chi connectivity index (χ0n) is 18.2. The van der Waals surface area contributed by atoms with Gasteiger partial charge in [0.05, 0.1) is 10.6 Å². The third kappa shape index (κ3) is 5.95. The normalized spacial score (nSPS) is 12.9. The second-order valence-electron chi connectivity index (χ2n) is 8.27. The Morgan fingerprint density at radius 3 is 2.19 bits per heavy atom. The average molecular weight is 443 g/mol. The van der Waals surface area contributed by atoms with Gasteiger partial charge in [0.25, 0.3) is 0 Å². The number of carbonyl (C=O) groups excluding carboxylic acids is 1. The summed E-state index contributed by atoms with van der Waals surface area (Å²) in [6.07, 6.45) is 3.49. The third-order valence-corrected chi connectivity index (χ3v) is 5.56. The van der Waals surface area contributed by atoms with E-state index in [2.05, 4.69) is 4.98 Å². The number of ether oxygens (including phenoxy) is 2. The van der Waals surface area contributed by atoms with Crippen LogP contribution in [0.5, 0.6) is 5.75 Å².